The summed E-state index contributed by atoms with van der Waals surface area (Å²) >= 11 is 0. The molecule has 2 atom stereocenters. The molecule has 2 aliphatic carbocycles. The van der Waals surface area contributed by atoms with E-state index >= 15 is 0 Å². The minimum Gasteiger partial charge on any atom is -0.205 e. The van der Waals surface area contributed by atoms with Crippen molar-refractivity contribution in [1.82, 2.24) is 0 Å². The summed E-state index contributed by atoms with van der Waals surface area (Å²) in [6, 6.07) is 14.8. The number of benzene rings is 2. The third kappa shape index (κ3) is 1.26. The summed E-state index contributed by atoms with van der Waals surface area (Å²) in [6.07, 6.45) is 0. The highest BCUT2D eigenvalue weighted by atomic mass is 19.3. The van der Waals surface area contributed by atoms with Crippen LogP contribution in [0.2, 0.25) is 0 Å². The van der Waals surface area contributed by atoms with Crippen molar-refractivity contribution in [2.75, 3.05) is 0 Å². The van der Waals surface area contributed by atoms with Crippen LogP contribution in [0.25, 0.3) is 5.57 Å². The molecule has 0 aliphatic heterocycles. The average molecular weight is 254 g/mol. The number of halogens is 2. The van der Waals surface area contributed by atoms with Crippen molar-refractivity contribution in [3.05, 3.63) is 77.4 Å². The molecule has 2 unspecified atom stereocenters. The molecule has 0 amide bonds. The average Bonchev–Trinajstić information content (AvgIpc) is 3.02. The van der Waals surface area contributed by atoms with Crippen molar-refractivity contribution in [3.63, 3.8) is 0 Å². The lowest BCUT2D eigenvalue weighted by Gasteiger charge is -2.13. The molecule has 2 aromatic carbocycles. The van der Waals surface area contributed by atoms with Crippen LogP contribution in [-0.4, -0.2) is 5.92 Å². The van der Waals surface area contributed by atoms with Gasteiger partial charge in [0.2, 0.25) is 0 Å². The van der Waals surface area contributed by atoms with Gasteiger partial charge in [0.25, 0.3) is 5.92 Å². The molecule has 0 bridgehead atoms. The summed E-state index contributed by atoms with van der Waals surface area (Å²) in [5.41, 5.74) is 4.05. The van der Waals surface area contributed by atoms with Gasteiger partial charge in [-0.3, -0.25) is 0 Å². The van der Waals surface area contributed by atoms with Crippen LogP contribution in [0.4, 0.5) is 8.78 Å². The van der Waals surface area contributed by atoms with Crippen LogP contribution in [0.5, 0.6) is 0 Å². The maximum Gasteiger partial charge on any atom is 0.263 e. The third-order valence-corrected chi connectivity index (χ3v) is 4.30. The van der Waals surface area contributed by atoms with Gasteiger partial charge in [0.15, 0.2) is 0 Å². The molecule has 0 aromatic heterocycles. The van der Waals surface area contributed by atoms with Crippen molar-refractivity contribution >= 4 is 5.57 Å². The Bertz CT molecular complexity index is 642. The Balaban J connectivity index is 2.05. The van der Waals surface area contributed by atoms with Gasteiger partial charge in [-0.2, -0.15) is 0 Å². The fraction of sp³-hybridized carbons (Fsp3) is 0.176. The van der Waals surface area contributed by atoms with Crippen LogP contribution < -0.4 is 0 Å². The summed E-state index contributed by atoms with van der Waals surface area (Å²) in [4.78, 5) is 0. The highest BCUT2D eigenvalue weighted by molar-refractivity contribution is 5.85. The SMILES string of the molecule is C=C1c2ccccc2C2C(c3ccccc31)C2(F)F. The molecular formula is C17H12F2. The summed E-state index contributed by atoms with van der Waals surface area (Å²) < 4.78 is 28.3. The second kappa shape index (κ2) is 3.32. The number of fused-ring (bicyclic) bond motifs is 5. The highest BCUT2D eigenvalue weighted by Crippen LogP contribution is 2.70. The first-order valence-corrected chi connectivity index (χ1v) is 6.37. The van der Waals surface area contributed by atoms with Gasteiger partial charge in [0, 0.05) is 0 Å². The van der Waals surface area contributed by atoms with Gasteiger partial charge in [-0.15, -0.1) is 0 Å². The highest BCUT2D eigenvalue weighted by Gasteiger charge is 2.70. The number of hydrogen-bond acceptors (Lipinski definition) is 0. The van der Waals surface area contributed by atoms with Crippen LogP contribution in [-0.2, 0) is 0 Å². The molecule has 0 saturated heterocycles. The molecule has 94 valence electrons. The Morgan fingerprint density at radius 3 is 1.68 bits per heavy atom. The fourth-order valence-electron chi connectivity index (χ4n) is 3.33. The Kier molecular flexibility index (Phi) is 1.91. The van der Waals surface area contributed by atoms with Crippen molar-refractivity contribution in [1.29, 1.82) is 0 Å². The summed E-state index contributed by atoms with van der Waals surface area (Å²) in [6.45, 7) is 4.11. The molecule has 4 rings (SSSR count). The van der Waals surface area contributed by atoms with E-state index in [4.69, 9.17) is 0 Å². The van der Waals surface area contributed by atoms with E-state index in [1.165, 1.54) is 0 Å². The number of rotatable bonds is 0. The Morgan fingerprint density at radius 1 is 0.789 bits per heavy atom. The van der Waals surface area contributed by atoms with Gasteiger partial charge in [-0.25, -0.2) is 8.78 Å². The minimum absolute atomic E-state index is 0.691. The lowest BCUT2D eigenvalue weighted by atomic mass is 9.93. The first kappa shape index (κ1) is 10.9. The predicted molar refractivity (Wildman–Crippen MR) is 71.4 cm³/mol. The van der Waals surface area contributed by atoms with E-state index in [1.807, 2.05) is 48.5 Å². The van der Waals surface area contributed by atoms with Crippen molar-refractivity contribution in [2.45, 2.75) is 17.8 Å². The van der Waals surface area contributed by atoms with Crippen LogP contribution in [0.3, 0.4) is 0 Å². The molecule has 0 heterocycles. The second-order valence-electron chi connectivity index (χ2n) is 5.28. The van der Waals surface area contributed by atoms with Gasteiger partial charge in [-0.05, 0) is 27.8 Å². The molecule has 1 fully saturated rings. The topological polar surface area (TPSA) is 0 Å². The van der Waals surface area contributed by atoms with Crippen molar-refractivity contribution in [2.24, 2.45) is 0 Å². The van der Waals surface area contributed by atoms with Crippen LogP contribution in [0, 0.1) is 0 Å². The molecule has 0 N–H and O–H groups in total. The quantitative estimate of drug-likeness (QED) is 0.645. The minimum atomic E-state index is -2.63. The first-order chi connectivity index (χ1) is 9.12. The Hall–Kier alpha value is -1.96. The van der Waals surface area contributed by atoms with E-state index in [9.17, 15) is 8.78 Å². The zero-order valence-electron chi connectivity index (χ0n) is 10.2. The van der Waals surface area contributed by atoms with Gasteiger partial charge < -0.3 is 0 Å². The summed E-state index contributed by atoms with van der Waals surface area (Å²) in [5.74, 6) is -4.01. The van der Waals surface area contributed by atoms with Crippen molar-refractivity contribution in [3.8, 4) is 0 Å². The monoisotopic (exact) mass is 254 g/mol. The molecule has 0 nitrogen and oxygen atoms in total. The van der Waals surface area contributed by atoms with Gasteiger partial charge in [-0.1, -0.05) is 55.1 Å². The third-order valence-electron chi connectivity index (χ3n) is 4.30. The van der Waals surface area contributed by atoms with Gasteiger partial charge in [0.1, 0.15) is 0 Å². The predicted octanol–water partition coefficient (Wildman–Crippen LogP) is 4.58. The lowest BCUT2D eigenvalue weighted by molar-refractivity contribution is 0.105. The lowest BCUT2D eigenvalue weighted by Crippen LogP contribution is -2.01. The van der Waals surface area contributed by atoms with Crippen LogP contribution in [0.1, 0.15) is 34.1 Å². The normalized spacial score (nSPS) is 25.9. The molecule has 1 saturated carbocycles. The zero-order chi connectivity index (χ0) is 13.2. The molecule has 2 heteroatoms. The van der Waals surface area contributed by atoms with Crippen LogP contribution >= 0.6 is 0 Å². The molecule has 0 radical (unpaired) electrons. The van der Waals surface area contributed by atoms with E-state index in [0.717, 1.165) is 27.8 Å². The summed E-state index contributed by atoms with van der Waals surface area (Å²) in [5, 5.41) is 0. The number of hydrogen-bond donors (Lipinski definition) is 0. The largest absolute Gasteiger partial charge is 0.263 e. The first-order valence-electron chi connectivity index (χ1n) is 6.37. The fourth-order valence-corrected chi connectivity index (χ4v) is 3.33. The molecule has 2 aromatic rings. The zero-order valence-corrected chi connectivity index (χ0v) is 10.2. The Morgan fingerprint density at radius 2 is 1.21 bits per heavy atom. The van der Waals surface area contributed by atoms with Crippen LogP contribution in [0.15, 0.2) is 55.1 Å². The molecular weight excluding hydrogens is 242 g/mol. The summed E-state index contributed by atoms with van der Waals surface area (Å²) in [7, 11) is 0. The van der Waals surface area contributed by atoms with Gasteiger partial charge >= 0.3 is 0 Å². The maximum atomic E-state index is 14.1. The molecule has 0 spiro atoms. The number of alkyl halides is 2. The maximum absolute atomic E-state index is 14.1. The van der Waals surface area contributed by atoms with Gasteiger partial charge in [0.05, 0.1) is 11.8 Å². The van der Waals surface area contributed by atoms with E-state index in [1.54, 1.807) is 0 Å². The molecule has 19 heavy (non-hydrogen) atoms. The molecule has 2 aliphatic rings. The van der Waals surface area contributed by atoms with E-state index in [2.05, 4.69) is 6.58 Å². The van der Waals surface area contributed by atoms with E-state index < -0.39 is 17.8 Å². The van der Waals surface area contributed by atoms with E-state index in [0.29, 0.717) is 0 Å². The van der Waals surface area contributed by atoms with E-state index in [-0.39, 0.29) is 0 Å². The standard InChI is InChI=1S/C17H12F2/c1-10-11-6-2-4-8-13(11)15-16(17(15,18)19)14-9-5-3-7-12(10)14/h2-9,15-16H,1H2. The van der Waals surface area contributed by atoms with Crippen molar-refractivity contribution < 1.29 is 8.78 Å². The Labute approximate surface area is 110 Å². The smallest absolute Gasteiger partial charge is 0.205 e. The second-order valence-corrected chi connectivity index (χ2v) is 5.28.